The van der Waals surface area contributed by atoms with Crippen molar-refractivity contribution in [1.29, 1.82) is 0 Å². The number of nitrogens with zero attached hydrogens (tertiary/aromatic N) is 11. The van der Waals surface area contributed by atoms with Crippen LogP contribution >= 0.6 is 0 Å². The largest absolute Gasteiger partial charge is 0.396 e. The molecule has 0 bridgehead atoms. The second-order valence-electron chi connectivity index (χ2n) is 18.9. The summed E-state index contributed by atoms with van der Waals surface area (Å²) in [5, 5.41) is 24.3. The van der Waals surface area contributed by atoms with Crippen LogP contribution in [0.25, 0.3) is 31.3 Å². The van der Waals surface area contributed by atoms with Crippen LogP contribution in [0, 0.1) is 29.4 Å². The molecule has 3 fully saturated rings. The van der Waals surface area contributed by atoms with Gasteiger partial charge in [-0.3, -0.25) is 14.5 Å². The van der Waals surface area contributed by atoms with Crippen molar-refractivity contribution in [1.82, 2.24) is 15.6 Å². The Labute approximate surface area is 466 Å². The molecule has 6 atom stereocenters. The maximum Gasteiger partial charge on any atom is 0.123 e. The van der Waals surface area contributed by atoms with Crippen LogP contribution < -0.4 is 5.48 Å². The van der Waals surface area contributed by atoms with Gasteiger partial charge in [0.2, 0.25) is 0 Å². The summed E-state index contributed by atoms with van der Waals surface area (Å²) in [6.07, 6.45) is 10.9. The van der Waals surface area contributed by atoms with Crippen LogP contribution in [0.15, 0.2) is 89.2 Å². The van der Waals surface area contributed by atoms with Gasteiger partial charge in [-0.25, -0.2) is 8.78 Å². The van der Waals surface area contributed by atoms with Crippen molar-refractivity contribution >= 4 is 84.5 Å². The van der Waals surface area contributed by atoms with E-state index in [-0.39, 0.29) is 67.1 Å². The summed E-state index contributed by atoms with van der Waals surface area (Å²) in [6, 6.07) is 12.8. The minimum Gasteiger partial charge on any atom is -0.396 e. The fourth-order valence-electron chi connectivity index (χ4n) is 9.45. The molecular formula is C47H74F2N12O4S9. The Balaban J connectivity index is 0.000000518. The van der Waals surface area contributed by atoms with Crippen molar-refractivity contribution in [2.75, 3.05) is 26.2 Å². The smallest absolute Gasteiger partial charge is 0.123 e. The van der Waals surface area contributed by atoms with Gasteiger partial charge in [-0.1, -0.05) is 101 Å². The summed E-state index contributed by atoms with van der Waals surface area (Å²) in [5.41, 5.74) is 29.9. The number of benzene rings is 2. The third kappa shape index (κ3) is 26.2. The summed E-state index contributed by atoms with van der Waals surface area (Å²) >= 11 is 9.27. The lowest BCUT2D eigenvalue weighted by Gasteiger charge is -2.37. The number of nitrogens with one attached hydrogen (secondary N) is 1. The quantitative estimate of drug-likeness (QED) is 0.0496. The molecule has 414 valence electrons. The lowest BCUT2D eigenvalue weighted by atomic mass is 9.81. The number of aliphatic hydroxyl groups is 1. The van der Waals surface area contributed by atoms with Gasteiger partial charge >= 0.3 is 0 Å². The van der Waals surface area contributed by atoms with Gasteiger partial charge in [0.1, 0.15) is 11.6 Å². The predicted molar refractivity (Wildman–Crippen MR) is 318 cm³/mol. The molecule has 3 saturated heterocycles. The van der Waals surface area contributed by atoms with Crippen molar-refractivity contribution < 1.29 is 28.4 Å². The number of azide groups is 3. The minimum absolute atomic E-state index is 0. The summed E-state index contributed by atoms with van der Waals surface area (Å²) in [5.74, 6) is 0.985. The van der Waals surface area contributed by atoms with Gasteiger partial charge in [0.15, 0.2) is 0 Å². The molecule has 0 aromatic heterocycles. The van der Waals surface area contributed by atoms with Crippen molar-refractivity contribution in [3.63, 3.8) is 0 Å². The van der Waals surface area contributed by atoms with E-state index in [9.17, 15) is 13.9 Å². The second-order valence-corrected chi connectivity index (χ2v) is 31.3. The molecule has 3 aliphatic heterocycles. The zero-order chi connectivity index (χ0) is 54.1. The first-order valence-electron chi connectivity index (χ1n) is 23.6. The Morgan fingerprint density at radius 1 is 0.676 bits per heavy atom. The van der Waals surface area contributed by atoms with E-state index in [1.54, 1.807) is 68.7 Å². The number of aliphatic hydroxyl groups excluding tert-OH is 1. The van der Waals surface area contributed by atoms with E-state index in [1.807, 2.05) is 22.3 Å². The maximum atomic E-state index is 13.1. The molecule has 3 aliphatic rings. The molecular weight excluding hydrogens is 1120 g/mol. The average Bonchev–Trinajstić information content (AvgIpc) is 4.00. The van der Waals surface area contributed by atoms with E-state index < -0.39 is 0 Å². The number of rotatable bonds is 22. The molecule has 2 aromatic rings. The highest BCUT2D eigenvalue weighted by Gasteiger charge is 2.48. The Kier molecular flexibility index (Phi) is 36.5. The molecule has 5 rings (SSSR count). The molecule has 27 heteroatoms. The summed E-state index contributed by atoms with van der Waals surface area (Å²) in [7, 11) is 10.9. The summed E-state index contributed by atoms with van der Waals surface area (Å²) in [4.78, 5) is 26.0. The van der Waals surface area contributed by atoms with E-state index in [4.69, 9.17) is 31.1 Å². The third-order valence-corrected chi connectivity index (χ3v) is 24.9. The first kappa shape index (κ1) is 69.4. The van der Waals surface area contributed by atoms with Crippen LogP contribution in [-0.2, 0) is 112 Å². The van der Waals surface area contributed by atoms with Gasteiger partial charge < -0.3 is 5.11 Å². The summed E-state index contributed by atoms with van der Waals surface area (Å²) in [6.45, 7) is 22.8. The molecule has 0 aliphatic carbocycles. The highest BCUT2D eigenvalue weighted by molar-refractivity contribution is 8.72. The van der Waals surface area contributed by atoms with Crippen molar-refractivity contribution in [3.8, 4) is 0 Å². The van der Waals surface area contributed by atoms with Crippen LogP contribution in [0.5, 0.6) is 0 Å². The Morgan fingerprint density at radius 2 is 1.08 bits per heavy atom. The van der Waals surface area contributed by atoms with Gasteiger partial charge in [-0.2, -0.15) is 15.6 Å². The standard InChI is InChI=1S/C18H25FN4O.C17H25FN4O2.C11H20N4O.CH4.S9/c1-4-9-18(10-14(2)3)11-17(12-21-22-20)24-23(18)13-15-5-7-16(19)8-6-15;1-13(2)9-17(7-8-23)10-16(11-20-21-19)24-22(17)12-14-3-5-15(18)6-4-14;1-4-5-11(6-9(2)3)7-10(16-14-11)8-13-15-12;;1-3-5-7-9-8-6-4-2/h4-8,14,17H,1,9-13H2,2-3H3;3-6,13,16,23H,7-12H2,1-2H3;4,9-10,14H,1,5-8H2,2-3H3;1H4;/t17-,18-;16-,17-;10-,11-;;/m111../s1. The van der Waals surface area contributed by atoms with Crippen molar-refractivity contribution in [2.45, 2.75) is 155 Å². The highest BCUT2D eigenvalue weighted by Crippen LogP contribution is 2.42. The first-order valence-corrected chi connectivity index (χ1v) is 34.3. The molecule has 0 unspecified atom stereocenters. The lowest BCUT2D eigenvalue weighted by molar-refractivity contribution is -0.199. The normalized spacial score (nSPS) is 22.8. The van der Waals surface area contributed by atoms with E-state index in [0.29, 0.717) is 56.8 Å². The van der Waals surface area contributed by atoms with E-state index >= 15 is 0 Å². The number of hydrogen-bond donors (Lipinski definition) is 2. The van der Waals surface area contributed by atoms with E-state index in [0.717, 1.165) is 56.1 Å². The zero-order valence-corrected chi connectivity index (χ0v) is 49.6. The molecule has 16 nitrogen and oxygen atoms in total. The number of hydroxylamine groups is 5. The third-order valence-electron chi connectivity index (χ3n) is 11.6. The van der Waals surface area contributed by atoms with E-state index in [1.165, 1.54) is 42.0 Å². The van der Waals surface area contributed by atoms with Crippen LogP contribution in [0.1, 0.15) is 118 Å². The second kappa shape index (κ2) is 38.9. The van der Waals surface area contributed by atoms with Crippen LogP contribution in [0.3, 0.4) is 0 Å². The maximum absolute atomic E-state index is 13.1. The van der Waals surface area contributed by atoms with Crippen LogP contribution in [0.2, 0.25) is 0 Å². The van der Waals surface area contributed by atoms with Gasteiger partial charge in [0.25, 0.3) is 0 Å². The molecule has 0 spiro atoms. The summed E-state index contributed by atoms with van der Waals surface area (Å²) < 4.78 is 26.3. The molecule has 2 N–H and O–H groups in total. The topological polar surface area (TPSA) is 213 Å². The Bertz CT molecular complexity index is 2450. The van der Waals surface area contributed by atoms with Gasteiger partial charge in [0.05, 0.1) is 49.0 Å². The molecule has 2 aromatic carbocycles. The van der Waals surface area contributed by atoms with E-state index in [2.05, 4.69) is 113 Å². The zero-order valence-electron chi connectivity index (χ0n) is 42.3. The van der Waals surface area contributed by atoms with Crippen molar-refractivity contribution in [3.05, 3.63) is 128 Å². The van der Waals surface area contributed by atoms with Gasteiger partial charge in [-0.05, 0) is 128 Å². The van der Waals surface area contributed by atoms with Crippen LogP contribution in [0.4, 0.5) is 8.78 Å². The molecule has 3 heterocycles. The first-order chi connectivity index (χ1) is 35.0. The number of hydrogen-bond acceptors (Lipinski definition) is 12. The fourth-order valence-corrected chi connectivity index (χ4v) is 23.2. The lowest BCUT2D eigenvalue weighted by Crippen LogP contribution is -2.44. The SMILES string of the molecule is C.C=CC[C@@]1(CC(C)C)C[C@H](CN=[N+]=[N-])ON1.C=CC[C@@]1(CC(C)C)C[C@H](CN=[N+]=[N-])ON1Cc1ccc(F)cc1.CC(C)C[C@]1(CCO)C[C@H](CN=[N+]=[N-])ON1Cc1ccc(F)cc1.S=S=S=S=S=S=S=S=S. The molecule has 0 radical (unpaired) electrons. The molecule has 0 saturated carbocycles. The minimum atomic E-state index is -0.313. The van der Waals surface area contributed by atoms with Crippen molar-refractivity contribution in [2.24, 2.45) is 33.1 Å². The van der Waals surface area contributed by atoms with Gasteiger partial charge in [0, 0.05) is 125 Å². The Hall–Kier alpha value is -2.59. The average molecular weight is 1200 g/mol. The fraction of sp³-hybridized carbons (Fsp3) is 0.660. The highest BCUT2D eigenvalue weighted by atomic mass is 33.4. The molecule has 0 amide bonds. The van der Waals surface area contributed by atoms with Crippen LogP contribution in [-0.4, -0.2) is 76.4 Å². The number of halogens is 2. The monoisotopic (exact) mass is 1200 g/mol. The predicted octanol–water partition coefficient (Wildman–Crippen LogP) is 12.4. The molecule has 74 heavy (non-hydrogen) atoms. The Morgan fingerprint density at radius 3 is 1.49 bits per heavy atom. The van der Waals surface area contributed by atoms with Gasteiger partial charge in [-0.15, -0.1) is 13.2 Å².